The average Bonchev–Trinajstić information content (AvgIpc) is 3.01. The number of hydrazine groups is 1. The summed E-state index contributed by atoms with van der Waals surface area (Å²) in [5, 5.41) is 11.1. The van der Waals surface area contributed by atoms with Gasteiger partial charge in [-0.1, -0.05) is 12.8 Å². The molecule has 0 aliphatic heterocycles. The zero-order chi connectivity index (χ0) is 15.4. The van der Waals surface area contributed by atoms with Gasteiger partial charge in [-0.15, -0.1) is 0 Å². The van der Waals surface area contributed by atoms with Crippen molar-refractivity contribution in [3.05, 3.63) is 33.9 Å². The van der Waals surface area contributed by atoms with Crippen molar-refractivity contribution in [3.63, 3.8) is 0 Å². The molecule has 0 atom stereocenters. The van der Waals surface area contributed by atoms with E-state index in [1.807, 2.05) is 6.92 Å². The lowest BCUT2D eigenvalue weighted by atomic mass is 10.1. The lowest BCUT2D eigenvalue weighted by Gasteiger charge is -2.27. The van der Waals surface area contributed by atoms with Crippen LogP contribution >= 0.6 is 0 Å². The number of anilines is 1. The number of amides is 1. The number of hydrogen-bond donors (Lipinski definition) is 2. The van der Waals surface area contributed by atoms with Crippen LogP contribution in [0.25, 0.3) is 0 Å². The van der Waals surface area contributed by atoms with Crippen molar-refractivity contribution in [2.24, 2.45) is 5.84 Å². The molecule has 0 bridgehead atoms. The van der Waals surface area contributed by atoms with E-state index in [2.05, 4.69) is 5.43 Å². The number of rotatable bonds is 5. The van der Waals surface area contributed by atoms with Crippen LogP contribution < -0.4 is 11.3 Å². The fourth-order valence-corrected chi connectivity index (χ4v) is 2.89. The van der Waals surface area contributed by atoms with Gasteiger partial charge < -0.3 is 10.3 Å². The molecule has 0 spiro atoms. The average molecular weight is 292 g/mol. The van der Waals surface area contributed by atoms with Gasteiger partial charge in [0.2, 0.25) is 0 Å². The smallest absolute Gasteiger partial charge is 0.282 e. The fraction of sp³-hybridized carbons (Fsp3) is 0.500. The van der Waals surface area contributed by atoms with Gasteiger partial charge in [-0.05, 0) is 31.9 Å². The maximum absolute atomic E-state index is 12.7. The third-order valence-electron chi connectivity index (χ3n) is 3.96. The molecule has 0 aromatic heterocycles. The first kappa shape index (κ1) is 15.2. The minimum absolute atomic E-state index is 0.0872. The van der Waals surface area contributed by atoms with Crippen LogP contribution in [0.3, 0.4) is 0 Å². The van der Waals surface area contributed by atoms with Crippen LogP contribution in [0.5, 0.6) is 0 Å². The Morgan fingerprint density at radius 1 is 1.48 bits per heavy atom. The van der Waals surface area contributed by atoms with Crippen molar-refractivity contribution in [1.29, 1.82) is 0 Å². The molecule has 114 valence electrons. The molecule has 1 fully saturated rings. The molecule has 1 aliphatic rings. The Bertz CT molecular complexity index is 541. The van der Waals surface area contributed by atoms with E-state index in [1.165, 1.54) is 18.2 Å². The van der Waals surface area contributed by atoms with Crippen LogP contribution in [0.15, 0.2) is 18.2 Å². The van der Waals surface area contributed by atoms with E-state index < -0.39 is 4.92 Å². The molecule has 0 unspecified atom stereocenters. The molecule has 2 rings (SSSR count). The van der Waals surface area contributed by atoms with E-state index in [0.29, 0.717) is 12.2 Å². The summed E-state index contributed by atoms with van der Waals surface area (Å²) in [4.78, 5) is 25.1. The number of carbonyl (C=O) groups excluding carboxylic acids is 1. The van der Waals surface area contributed by atoms with E-state index in [1.54, 1.807) is 4.90 Å². The molecule has 7 nitrogen and oxygen atoms in total. The largest absolute Gasteiger partial charge is 0.336 e. The number of nitro benzene ring substituents is 1. The summed E-state index contributed by atoms with van der Waals surface area (Å²) in [5.41, 5.74) is 2.80. The molecular weight excluding hydrogens is 272 g/mol. The Morgan fingerprint density at radius 2 is 2.14 bits per heavy atom. The van der Waals surface area contributed by atoms with Crippen molar-refractivity contribution in [2.75, 3.05) is 12.0 Å². The maximum atomic E-state index is 12.7. The zero-order valence-corrected chi connectivity index (χ0v) is 12.0. The second-order valence-electron chi connectivity index (χ2n) is 5.16. The van der Waals surface area contributed by atoms with Crippen molar-refractivity contribution < 1.29 is 9.72 Å². The summed E-state index contributed by atoms with van der Waals surface area (Å²) in [7, 11) is 0. The second-order valence-corrected chi connectivity index (χ2v) is 5.16. The molecule has 21 heavy (non-hydrogen) atoms. The lowest BCUT2D eigenvalue weighted by Crippen LogP contribution is -2.39. The molecule has 0 heterocycles. The summed E-state index contributed by atoms with van der Waals surface area (Å²) >= 11 is 0. The monoisotopic (exact) mass is 292 g/mol. The van der Waals surface area contributed by atoms with E-state index in [9.17, 15) is 14.9 Å². The molecule has 1 aromatic rings. The van der Waals surface area contributed by atoms with E-state index in [-0.39, 0.29) is 23.2 Å². The molecular formula is C14H20N4O3. The first-order chi connectivity index (χ1) is 10.1. The van der Waals surface area contributed by atoms with Crippen LogP contribution in [0.4, 0.5) is 11.4 Å². The third kappa shape index (κ3) is 3.13. The zero-order valence-electron chi connectivity index (χ0n) is 12.0. The Kier molecular flexibility index (Phi) is 4.74. The van der Waals surface area contributed by atoms with E-state index in [4.69, 9.17) is 5.84 Å². The van der Waals surface area contributed by atoms with Crippen LogP contribution in [-0.2, 0) is 0 Å². The Labute approximate surface area is 123 Å². The summed E-state index contributed by atoms with van der Waals surface area (Å²) in [5.74, 6) is 5.03. The molecule has 7 heteroatoms. The van der Waals surface area contributed by atoms with E-state index >= 15 is 0 Å². The van der Waals surface area contributed by atoms with Gasteiger partial charge in [-0.2, -0.15) is 0 Å². The lowest BCUT2D eigenvalue weighted by molar-refractivity contribution is -0.385. The van der Waals surface area contributed by atoms with Crippen LogP contribution in [0.2, 0.25) is 0 Å². The number of carbonyl (C=O) groups is 1. The van der Waals surface area contributed by atoms with Gasteiger partial charge in [0.25, 0.3) is 11.6 Å². The van der Waals surface area contributed by atoms with Gasteiger partial charge in [-0.25, -0.2) is 0 Å². The first-order valence-electron chi connectivity index (χ1n) is 7.14. The predicted octanol–water partition coefficient (Wildman–Crippen LogP) is 2.29. The second kappa shape index (κ2) is 6.53. The molecule has 3 N–H and O–H groups in total. The highest BCUT2D eigenvalue weighted by molar-refractivity contribution is 5.99. The van der Waals surface area contributed by atoms with Gasteiger partial charge in [0.15, 0.2) is 0 Å². The molecule has 1 aromatic carbocycles. The fourth-order valence-electron chi connectivity index (χ4n) is 2.89. The van der Waals surface area contributed by atoms with Gasteiger partial charge in [0.05, 0.1) is 4.92 Å². The Balaban J connectivity index is 2.37. The molecule has 0 saturated heterocycles. The summed E-state index contributed by atoms with van der Waals surface area (Å²) in [6.45, 7) is 2.44. The number of nitrogens with one attached hydrogen (secondary N) is 1. The van der Waals surface area contributed by atoms with Crippen molar-refractivity contribution >= 4 is 17.3 Å². The number of hydrogen-bond acceptors (Lipinski definition) is 5. The first-order valence-corrected chi connectivity index (χ1v) is 7.14. The predicted molar refractivity (Wildman–Crippen MR) is 79.9 cm³/mol. The Morgan fingerprint density at radius 3 is 2.67 bits per heavy atom. The summed E-state index contributed by atoms with van der Waals surface area (Å²) in [6.07, 6.45) is 4.12. The highest BCUT2D eigenvalue weighted by atomic mass is 16.6. The van der Waals surface area contributed by atoms with Crippen LogP contribution in [0.1, 0.15) is 43.0 Å². The minimum atomic E-state index is -0.532. The molecule has 1 amide bonds. The third-order valence-corrected chi connectivity index (χ3v) is 3.96. The highest BCUT2D eigenvalue weighted by Crippen LogP contribution is 2.28. The SMILES string of the molecule is CCN(C(=O)c1cc(NN)ccc1[N+](=O)[O-])C1CCCC1. The number of nitrogens with two attached hydrogens (primary N) is 1. The quantitative estimate of drug-likeness (QED) is 0.492. The van der Waals surface area contributed by atoms with Crippen LogP contribution in [0, 0.1) is 10.1 Å². The van der Waals surface area contributed by atoms with Gasteiger partial charge in [0, 0.05) is 24.3 Å². The van der Waals surface area contributed by atoms with Gasteiger partial charge in [0.1, 0.15) is 5.56 Å². The summed E-state index contributed by atoms with van der Waals surface area (Å²) in [6, 6.07) is 4.42. The number of nitro groups is 1. The number of nitrogen functional groups attached to an aromatic ring is 1. The topological polar surface area (TPSA) is 102 Å². The number of nitrogens with zero attached hydrogens (tertiary/aromatic N) is 2. The standard InChI is InChI=1S/C14H20N4O3/c1-2-17(11-5-3-4-6-11)14(19)12-9-10(16-15)7-8-13(12)18(20)21/h7-9,11,16H,2-6,15H2,1H3. The van der Waals surface area contributed by atoms with Crippen molar-refractivity contribution in [3.8, 4) is 0 Å². The maximum Gasteiger partial charge on any atom is 0.282 e. The normalized spacial score (nSPS) is 15.0. The van der Waals surface area contributed by atoms with Gasteiger partial charge >= 0.3 is 0 Å². The molecule has 1 saturated carbocycles. The molecule has 1 aliphatic carbocycles. The summed E-state index contributed by atoms with van der Waals surface area (Å²) < 4.78 is 0. The number of benzene rings is 1. The Hall–Kier alpha value is -2.15. The molecule has 0 radical (unpaired) electrons. The van der Waals surface area contributed by atoms with Crippen molar-refractivity contribution in [2.45, 2.75) is 38.6 Å². The van der Waals surface area contributed by atoms with E-state index in [0.717, 1.165) is 25.7 Å². The van der Waals surface area contributed by atoms with Gasteiger partial charge in [-0.3, -0.25) is 20.8 Å². The van der Waals surface area contributed by atoms with Crippen molar-refractivity contribution in [1.82, 2.24) is 4.90 Å². The van der Waals surface area contributed by atoms with Crippen LogP contribution in [-0.4, -0.2) is 28.3 Å². The minimum Gasteiger partial charge on any atom is -0.336 e. The highest BCUT2D eigenvalue weighted by Gasteiger charge is 2.30.